The van der Waals surface area contributed by atoms with E-state index in [1.807, 2.05) is 29.0 Å². The van der Waals surface area contributed by atoms with E-state index in [4.69, 9.17) is 10.5 Å². The zero-order chi connectivity index (χ0) is 15.3. The van der Waals surface area contributed by atoms with E-state index in [0.717, 1.165) is 21.8 Å². The van der Waals surface area contributed by atoms with Crippen molar-refractivity contribution in [3.63, 3.8) is 0 Å². The van der Waals surface area contributed by atoms with Gasteiger partial charge in [-0.2, -0.15) is 0 Å². The molecule has 3 atom stereocenters. The SMILES string of the molecule is Nc1ncc2ccc3c(ccn3[C@H]3C[C@H](O)[C@@H](CO)O3)c2n1. The van der Waals surface area contributed by atoms with Gasteiger partial charge in [0.1, 0.15) is 12.3 Å². The first-order chi connectivity index (χ1) is 10.7. The average Bonchev–Trinajstić information content (AvgIpc) is 3.10. The van der Waals surface area contributed by atoms with Crippen LogP contribution in [0.15, 0.2) is 30.6 Å². The number of aliphatic hydroxyl groups excluding tert-OH is 2. The minimum absolute atomic E-state index is 0.191. The van der Waals surface area contributed by atoms with Crippen LogP contribution in [0.2, 0.25) is 0 Å². The number of hydrogen-bond donors (Lipinski definition) is 3. The van der Waals surface area contributed by atoms with Crippen LogP contribution in [0.3, 0.4) is 0 Å². The molecular formula is C15H16N4O3. The van der Waals surface area contributed by atoms with Crippen LogP contribution in [-0.2, 0) is 4.74 Å². The maximum Gasteiger partial charge on any atom is 0.220 e. The third kappa shape index (κ3) is 1.94. The number of rotatable bonds is 2. The summed E-state index contributed by atoms with van der Waals surface area (Å²) < 4.78 is 7.67. The number of anilines is 1. The second-order valence-electron chi connectivity index (χ2n) is 5.50. The molecule has 22 heavy (non-hydrogen) atoms. The predicted octanol–water partition coefficient (Wildman–Crippen LogP) is 0.807. The Kier molecular flexibility index (Phi) is 3.00. The standard InChI is InChI=1S/C15H16N4O3/c16-15-17-6-8-1-2-10-9(14(8)18-15)3-4-19(10)13-5-11(21)12(7-20)22-13/h1-4,6,11-13,20-21H,5,7H2,(H2,16,17,18)/t11-,12+,13+/m0/s1. The Morgan fingerprint density at radius 3 is 3.00 bits per heavy atom. The maximum atomic E-state index is 9.90. The van der Waals surface area contributed by atoms with E-state index in [2.05, 4.69) is 9.97 Å². The molecule has 3 aromatic rings. The lowest BCUT2D eigenvalue weighted by Crippen LogP contribution is -2.24. The topological polar surface area (TPSA) is 106 Å². The van der Waals surface area contributed by atoms with E-state index < -0.39 is 12.2 Å². The van der Waals surface area contributed by atoms with Gasteiger partial charge in [-0.25, -0.2) is 9.97 Å². The molecule has 0 bridgehead atoms. The lowest BCUT2D eigenvalue weighted by atomic mass is 10.1. The number of benzene rings is 1. The third-order valence-corrected chi connectivity index (χ3v) is 4.16. The van der Waals surface area contributed by atoms with Gasteiger partial charge in [-0.3, -0.25) is 0 Å². The fourth-order valence-electron chi connectivity index (χ4n) is 3.05. The van der Waals surface area contributed by atoms with Gasteiger partial charge < -0.3 is 25.3 Å². The van der Waals surface area contributed by atoms with Gasteiger partial charge >= 0.3 is 0 Å². The van der Waals surface area contributed by atoms with Gasteiger partial charge in [-0.05, 0) is 18.2 Å². The van der Waals surface area contributed by atoms with Gasteiger partial charge in [-0.1, -0.05) is 0 Å². The van der Waals surface area contributed by atoms with Crippen molar-refractivity contribution in [2.75, 3.05) is 12.3 Å². The zero-order valence-corrected chi connectivity index (χ0v) is 11.8. The quantitative estimate of drug-likeness (QED) is 0.646. The first-order valence-corrected chi connectivity index (χ1v) is 7.13. The number of hydrogen-bond acceptors (Lipinski definition) is 6. The summed E-state index contributed by atoms with van der Waals surface area (Å²) in [7, 11) is 0. The fraction of sp³-hybridized carbons (Fsp3) is 0.333. The first-order valence-electron chi connectivity index (χ1n) is 7.13. The Balaban J connectivity index is 1.84. The first kappa shape index (κ1) is 13.4. The summed E-state index contributed by atoms with van der Waals surface area (Å²) in [5, 5.41) is 21.0. The van der Waals surface area contributed by atoms with Crippen LogP contribution in [0.25, 0.3) is 21.8 Å². The number of nitrogen functional groups attached to an aromatic ring is 1. The zero-order valence-electron chi connectivity index (χ0n) is 11.8. The highest BCUT2D eigenvalue weighted by Gasteiger charge is 2.34. The smallest absolute Gasteiger partial charge is 0.220 e. The summed E-state index contributed by atoms with van der Waals surface area (Å²) in [6, 6.07) is 5.86. The Morgan fingerprint density at radius 1 is 1.36 bits per heavy atom. The van der Waals surface area contributed by atoms with Crippen molar-refractivity contribution in [1.29, 1.82) is 0 Å². The second kappa shape index (κ2) is 4.91. The van der Waals surface area contributed by atoms with Crippen LogP contribution < -0.4 is 5.73 Å². The number of nitrogens with two attached hydrogens (primary N) is 1. The van der Waals surface area contributed by atoms with Crippen molar-refractivity contribution in [2.24, 2.45) is 0 Å². The lowest BCUT2D eigenvalue weighted by molar-refractivity contribution is -0.0428. The van der Waals surface area contributed by atoms with Crippen LogP contribution in [0.4, 0.5) is 5.95 Å². The highest BCUT2D eigenvalue weighted by molar-refractivity contribution is 6.04. The molecular weight excluding hydrogens is 284 g/mol. The molecule has 1 saturated heterocycles. The molecule has 0 unspecified atom stereocenters. The molecule has 0 aliphatic carbocycles. The molecule has 7 nitrogen and oxygen atoms in total. The predicted molar refractivity (Wildman–Crippen MR) is 81.1 cm³/mol. The van der Waals surface area contributed by atoms with Gasteiger partial charge in [-0.15, -0.1) is 0 Å². The summed E-state index contributed by atoms with van der Waals surface area (Å²) in [6.45, 7) is -0.191. The van der Waals surface area contributed by atoms with Crippen molar-refractivity contribution in [1.82, 2.24) is 14.5 Å². The molecule has 4 N–H and O–H groups in total. The number of nitrogens with zero attached hydrogens (tertiary/aromatic N) is 3. The van der Waals surface area contributed by atoms with Gasteiger partial charge in [0.2, 0.25) is 5.95 Å². The average molecular weight is 300 g/mol. The van der Waals surface area contributed by atoms with Gasteiger partial charge in [0.15, 0.2) is 0 Å². The van der Waals surface area contributed by atoms with Crippen molar-refractivity contribution in [3.8, 4) is 0 Å². The summed E-state index contributed by atoms with van der Waals surface area (Å²) in [6.07, 6.45) is 2.54. The maximum absolute atomic E-state index is 9.90. The fourth-order valence-corrected chi connectivity index (χ4v) is 3.05. The Bertz CT molecular complexity index is 847. The van der Waals surface area contributed by atoms with E-state index in [0.29, 0.717) is 6.42 Å². The number of aromatic nitrogens is 3. The molecule has 0 spiro atoms. The van der Waals surface area contributed by atoms with E-state index in [9.17, 15) is 10.2 Å². The number of ether oxygens (including phenoxy) is 1. The molecule has 1 aliphatic rings. The molecule has 1 fully saturated rings. The number of aliphatic hydroxyl groups is 2. The minimum Gasteiger partial charge on any atom is -0.394 e. The molecule has 0 saturated carbocycles. The molecule has 1 aliphatic heterocycles. The van der Waals surface area contributed by atoms with Gasteiger partial charge in [0, 0.05) is 29.6 Å². The third-order valence-electron chi connectivity index (χ3n) is 4.16. The number of fused-ring (bicyclic) bond motifs is 3. The van der Waals surface area contributed by atoms with Gasteiger partial charge in [0.25, 0.3) is 0 Å². The Hall–Kier alpha value is -2.22. The summed E-state index contributed by atoms with van der Waals surface area (Å²) >= 11 is 0. The van der Waals surface area contributed by atoms with Crippen molar-refractivity contribution >= 4 is 27.8 Å². The molecule has 4 rings (SSSR count). The van der Waals surface area contributed by atoms with Crippen LogP contribution in [0, 0.1) is 0 Å². The highest BCUT2D eigenvalue weighted by atomic mass is 16.5. The van der Waals surface area contributed by atoms with Crippen LogP contribution in [0.1, 0.15) is 12.6 Å². The van der Waals surface area contributed by atoms with Gasteiger partial charge in [0.05, 0.1) is 23.7 Å². The molecule has 114 valence electrons. The highest BCUT2D eigenvalue weighted by Crippen LogP contribution is 2.33. The van der Waals surface area contributed by atoms with E-state index in [1.54, 1.807) is 6.20 Å². The molecule has 2 aromatic heterocycles. The van der Waals surface area contributed by atoms with Crippen LogP contribution in [-0.4, -0.2) is 43.6 Å². The molecule has 3 heterocycles. The molecule has 7 heteroatoms. The van der Waals surface area contributed by atoms with E-state index in [1.165, 1.54) is 0 Å². The normalized spacial score (nSPS) is 25.3. The second-order valence-corrected chi connectivity index (χ2v) is 5.50. The minimum atomic E-state index is -0.661. The molecule has 0 radical (unpaired) electrons. The molecule has 1 aromatic carbocycles. The van der Waals surface area contributed by atoms with Crippen LogP contribution in [0.5, 0.6) is 0 Å². The summed E-state index contributed by atoms with van der Waals surface area (Å²) in [5.41, 5.74) is 7.42. The van der Waals surface area contributed by atoms with Crippen LogP contribution >= 0.6 is 0 Å². The monoisotopic (exact) mass is 300 g/mol. The lowest BCUT2D eigenvalue weighted by Gasteiger charge is -2.15. The van der Waals surface area contributed by atoms with Crippen molar-refractivity contribution in [3.05, 3.63) is 30.6 Å². The summed E-state index contributed by atoms with van der Waals surface area (Å²) in [4.78, 5) is 8.32. The van der Waals surface area contributed by atoms with E-state index >= 15 is 0 Å². The van der Waals surface area contributed by atoms with E-state index in [-0.39, 0.29) is 18.8 Å². The Morgan fingerprint density at radius 2 is 2.23 bits per heavy atom. The van der Waals surface area contributed by atoms with Crippen molar-refractivity contribution in [2.45, 2.75) is 24.9 Å². The largest absolute Gasteiger partial charge is 0.394 e. The summed E-state index contributed by atoms with van der Waals surface area (Å²) in [5.74, 6) is 0.237. The Labute approximate surface area is 126 Å². The molecule has 0 amide bonds. The van der Waals surface area contributed by atoms with Crippen molar-refractivity contribution < 1.29 is 14.9 Å².